The summed E-state index contributed by atoms with van der Waals surface area (Å²) in [5.41, 5.74) is 0.367. The lowest BCUT2D eigenvalue weighted by Gasteiger charge is -2.06. The summed E-state index contributed by atoms with van der Waals surface area (Å²) in [6.45, 7) is -0.479. The minimum atomic E-state index is -0.656. The molecule has 0 aromatic heterocycles. The third-order valence-electron chi connectivity index (χ3n) is 2.75. The van der Waals surface area contributed by atoms with Crippen LogP contribution in [0.15, 0.2) is 65.6 Å². The highest BCUT2D eigenvalue weighted by Gasteiger charge is 2.12. The van der Waals surface area contributed by atoms with Gasteiger partial charge in [-0.05, 0) is 24.3 Å². The Bertz CT molecular complexity index is 674. The topological polar surface area (TPSA) is 72.5 Å². The maximum Gasteiger partial charge on any atom is 0.316 e. The predicted octanol–water partition coefficient (Wildman–Crippen LogP) is 2.28. The average Bonchev–Trinajstić information content (AvgIpc) is 2.60. The summed E-state index contributed by atoms with van der Waals surface area (Å²) in [7, 11) is 0. The van der Waals surface area contributed by atoms with Crippen molar-refractivity contribution in [2.24, 2.45) is 0 Å². The summed E-state index contributed by atoms with van der Waals surface area (Å²) in [6, 6.07) is 17.7. The van der Waals surface area contributed by atoms with Crippen LogP contribution < -0.4 is 5.32 Å². The standard InChI is InChI=1S/C17H15NO4S/c19-15(18-17(21)13-7-3-1-4-8-13)11-22-16(20)12-23-14-9-5-2-6-10-14/h1-10H,11-12H2,(H,18,19,21). The first-order valence-corrected chi connectivity index (χ1v) is 7.86. The van der Waals surface area contributed by atoms with E-state index in [0.29, 0.717) is 5.56 Å². The van der Waals surface area contributed by atoms with E-state index in [4.69, 9.17) is 4.74 Å². The molecule has 0 bridgehead atoms. The summed E-state index contributed by atoms with van der Waals surface area (Å²) < 4.78 is 4.84. The molecule has 2 rings (SSSR count). The molecular formula is C17H15NO4S. The van der Waals surface area contributed by atoms with Gasteiger partial charge in [-0.1, -0.05) is 36.4 Å². The van der Waals surface area contributed by atoms with E-state index in [-0.39, 0.29) is 5.75 Å². The van der Waals surface area contributed by atoms with Crippen molar-refractivity contribution in [2.75, 3.05) is 12.4 Å². The van der Waals surface area contributed by atoms with Gasteiger partial charge < -0.3 is 4.74 Å². The monoisotopic (exact) mass is 329 g/mol. The zero-order valence-electron chi connectivity index (χ0n) is 12.2. The predicted molar refractivity (Wildman–Crippen MR) is 87.0 cm³/mol. The Hall–Kier alpha value is -2.60. The minimum Gasteiger partial charge on any atom is -0.455 e. The molecule has 0 fully saturated rings. The summed E-state index contributed by atoms with van der Waals surface area (Å²) in [6.07, 6.45) is 0. The number of rotatable bonds is 6. The smallest absolute Gasteiger partial charge is 0.316 e. The Balaban J connectivity index is 1.69. The molecular weight excluding hydrogens is 314 g/mol. The van der Waals surface area contributed by atoms with Gasteiger partial charge in [-0.25, -0.2) is 0 Å². The molecule has 118 valence electrons. The number of nitrogens with one attached hydrogen (secondary N) is 1. The van der Waals surface area contributed by atoms with E-state index in [1.807, 2.05) is 30.3 Å². The fourth-order valence-corrected chi connectivity index (χ4v) is 2.39. The molecule has 5 nitrogen and oxygen atoms in total. The van der Waals surface area contributed by atoms with Gasteiger partial charge in [0.05, 0.1) is 5.75 Å². The molecule has 0 aliphatic rings. The number of hydrogen-bond acceptors (Lipinski definition) is 5. The number of esters is 1. The molecule has 0 unspecified atom stereocenters. The minimum absolute atomic E-state index is 0.101. The largest absolute Gasteiger partial charge is 0.455 e. The van der Waals surface area contributed by atoms with Crippen molar-refractivity contribution >= 4 is 29.5 Å². The van der Waals surface area contributed by atoms with Crippen LogP contribution >= 0.6 is 11.8 Å². The van der Waals surface area contributed by atoms with Gasteiger partial charge in [-0.3, -0.25) is 19.7 Å². The van der Waals surface area contributed by atoms with Crippen LogP contribution in [0.3, 0.4) is 0 Å². The van der Waals surface area contributed by atoms with E-state index in [1.165, 1.54) is 11.8 Å². The van der Waals surface area contributed by atoms with Crippen LogP contribution in [0, 0.1) is 0 Å². The first-order chi connectivity index (χ1) is 11.1. The lowest BCUT2D eigenvalue weighted by atomic mass is 10.2. The molecule has 6 heteroatoms. The second-order valence-corrected chi connectivity index (χ2v) is 5.55. The van der Waals surface area contributed by atoms with Gasteiger partial charge >= 0.3 is 5.97 Å². The number of carbonyl (C=O) groups excluding carboxylic acids is 3. The highest BCUT2D eigenvalue weighted by molar-refractivity contribution is 8.00. The van der Waals surface area contributed by atoms with Crippen LogP contribution in [0.5, 0.6) is 0 Å². The molecule has 0 spiro atoms. The number of carbonyl (C=O) groups is 3. The molecule has 0 aliphatic heterocycles. The first-order valence-electron chi connectivity index (χ1n) is 6.88. The normalized spacial score (nSPS) is 9.91. The molecule has 0 heterocycles. The van der Waals surface area contributed by atoms with Crippen molar-refractivity contribution in [3.63, 3.8) is 0 Å². The van der Waals surface area contributed by atoms with Crippen molar-refractivity contribution in [1.82, 2.24) is 5.32 Å². The second kappa shape index (κ2) is 8.75. The van der Waals surface area contributed by atoms with Crippen LogP contribution in [0.4, 0.5) is 0 Å². The van der Waals surface area contributed by atoms with E-state index in [0.717, 1.165) is 4.90 Å². The SMILES string of the molecule is O=C(COC(=O)CSc1ccccc1)NC(=O)c1ccccc1. The fraction of sp³-hybridized carbons (Fsp3) is 0.118. The van der Waals surface area contributed by atoms with Crippen molar-refractivity contribution in [3.05, 3.63) is 66.2 Å². The number of benzene rings is 2. The third-order valence-corrected chi connectivity index (χ3v) is 3.74. The van der Waals surface area contributed by atoms with Gasteiger partial charge in [0.15, 0.2) is 6.61 Å². The Morgan fingerprint density at radius 2 is 1.52 bits per heavy atom. The third kappa shape index (κ3) is 5.96. The number of thioether (sulfide) groups is 1. The Kier molecular flexibility index (Phi) is 6.38. The van der Waals surface area contributed by atoms with Gasteiger partial charge in [-0.15, -0.1) is 11.8 Å². The zero-order valence-corrected chi connectivity index (χ0v) is 13.0. The average molecular weight is 329 g/mol. The Morgan fingerprint density at radius 1 is 0.913 bits per heavy atom. The molecule has 0 atom stereocenters. The molecule has 0 saturated carbocycles. The zero-order chi connectivity index (χ0) is 16.5. The van der Waals surface area contributed by atoms with E-state index in [2.05, 4.69) is 5.32 Å². The lowest BCUT2D eigenvalue weighted by Crippen LogP contribution is -2.34. The van der Waals surface area contributed by atoms with Gasteiger partial charge in [0.1, 0.15) is 0 Å². The van der Waals surface area contributed by atoms with Gasteiger partial charge in [0.25, 0.3) is 11.8 Å². The maximum atomic E-state index is 11.7. The van der Waals surface area contributed by atoms with Crippen LogP contribution in [-0.4, -0.2) is 30.1 Å². The molecule has 0 saturated heterocycles. The molecule has 0 aliphatic carbocycles. The highest BCUT2D eigenvalue weighted by atomic mass is 32.2. The second-order valence-electron chi connectivity index (χ2n) is 4.51. The van der Waals surface area contributed by atoms with Crippen molar-refractivity contribution in [2.45, 2.75) is 4.90 Å². The van der Waals surface area contributed by atoms with Crippen molar-refractivity contribution in [3.8, 4) is 0 Å². The summed E-state index contributed by atoms with van der Waals surface area (Å²) >= 11 is 1.32. The summed E-state index contributed by atoms with van der Waals surface area (Å²) in [4.78, 5) is 35.8. The lowest BCUT2D eigenvalue weighted by molar-refractivity contribution is -0.145. The van der Waals surface area contributed by atoms with Crippen LogP contribution in [0.25, 0.3) is 0 Å². The molecule has 1 N–H and O–H groups in total. The summed E-state index contributed by atoms with van der Waals surface area (Å²) in [5.74, 6) is -1.59. The van der Waals surface area contributed by atoms with Gasteiger partial charge in [-0.2, -0.15) is 0 Å². The van der Waals surface area contributed by atoms with Crippen molar-refractivity contribution < 1.29 is 19.1 Å². The van der Waals surface area contributed by atoms with Crippen LogP contribution in [0.1, 0.15) is 10.4 Å². The van der Waals surface area contributed by atoms with Gasteiger partial charge in [0, 0.05) is 10.5 Å². The van der Waals surface area contributed by atoms with Gasteiger partial charge in [0.2, 0.25) is 0 Å². The molecule has 2 aromatic carbocycles. The first kappa shape index (κ1) is 16.8. The summed E-state index contributed by atoms with van der Waals surface area (Å²) in [5, 5.41) is 2.16. The van der Waals surface area contributed by atoms with Crippen LogP contribution in [-0.2, 0) is 14.3 Å². The molecule has 23 heavy (non-hydrogen) atoms. The Labute approximate surface area is 138 Å². The maximum absolute atomic E-state index is 11.7. The molecule has 2 amide bonds. The quantitative estimate of drug-likeness (QED) is 0.650. The number of imide groups is 1. The van der Waals surface area contributed by atoms with E-state index >= 15 is 0 Å². The van der Waals surface area contributed by atoms with E-state index in [1.54, 1.807) is 30.3 Å². The number of ether oxygens (including phenoxy) is 1. The number of amides is 2. The number of hydrogen-bond donors (Lipinski definition) is 1. The van der Waals surface area contributed by atoms with Crippen LogP contribution in [0.2, 0.25) is 0 Å². The van der Waals surface area contributed by atoms with E-state index in [9.17, 15) is 14.4 Å². The fourth-order valence-electron chi connectivity index (χ4n) is 1.67. The van der Waals surface area contributed by atoms with E-state index < -0.39 is 24.4 Å². The molecule has 0 radical (unpaired) electrons. The molecule has 2 aromatic rings. The Morgan fingerprint density at radius 3 is 2.17 bits per heavy atom. The van der Waals surface area contributed by atoms with Crippen molar-refractivity contribution in [1.29, 1.82) is 0 Å². The highest BCUT2D eigenvalue weighted by Crippen LogP contribution is 2.16.